The van der Waals surface area contributed by atoms with Crippen molar-refractivity contribution in [2.75, 3.05) is 25.0 Å². The average molecular weight is 354 g/mol. The highest BCUT2D eigenvalue weighted by Crippen LogP contribution is 2.31. The molecule has 1 heterocycles. The second-order valence-electron chi connectivity index (χ2n) is 5.91. The molecule has 26 heavy (non-hydrogen) atoms. The molecule has 0 saturated heterocycles. The van der Waals surface area contributed by atoms with Crippen molar-refractivity contribution in [3.8, 4) is 11.5 Å². The lowest BCUT2D eigenvalue weighted by Crippen LogP contribution is -2.40. The van der Waals surface area contributed by atoms with Gasteiger partial charge < -0.3 is 19.7 Å². The normalized spacial score (nSPS) is 15.2. The predicted molar refractivity (Wildman–Crippen MR) is 98.7 cm³/mol. The zero-order valence-corrected chi connectivity index (χ0v) is 14.9. The zero-order valence-electron chi connectivity index (χ0n) is 14.9. The van der Waals surface area contributed by atoms with Crippen LogP contribution in [0.4, 0.5) is 5.69 Å². The van der Waals surface area contributed by atoms with E-state index in [0.717, 1.165) is 0 Å². The smallest absolute Gasteiger partial charge is 0.269 e. The van der Waals surface area contributed by atoms with Crippen molar-refractivity contribution < 1.29 is 19.1 Å². The highest BCUT2D eigenvalue weighted by Gasteiger charge is 2.27. The van der Waals surface area contributed by atoms with Gasteiger partial charge in [0.1, 0.15) is 6.61 Å². The Morgan fingerprint density at radius 3 is 2.35 bits per heavy atom. The van der Waals surface area contributed by atoms with Crippen molar-refractivity contribution >= 4 is 17.5 Å². The van der Waals surface area contributed by atoms with Gasteiger partial charge in [-0.15, -0.1) is 0 Å². The molecule has 3 rings (SSSR count). The minimum Gasteiger partial charge on any atom is -0.485 e. The third-order valence-corrected chi connectivity index (χ3v) is 4.25. The number of para-hydroxylation sites is 2. The van der Waals surface area contributed by atoms with Crippen molar-refractivity contribution in [3.05, 3.63) is 54.1 Å². The van der Waals surface area contributed by atoms with E-state index >= 15 is 0 Å². The minimum absolute atomic E-state index is 0.0199. The molecule has 2 amide bonds. The van der Waals surface area contributed by atoms with Crippen LogP contribution in [0.3, 0.4) is 0 Å². The molecular formula is C20H22N2O4. The minimum atomic E-state index is -0.720. The molecule has 1 aliphatic rings. The fourth-order valence-corrected chi connectivity index (χ4v) is 2.76. The molecule has 1 aliphatic heterocycles. The van der Waals surface area contributed by atoms with Gasteiger partial charge in [0, 0.05) is 24.3 Å². The van der Waals surface area contributed by atoms with Crippen LogP contribution in [0.1, 0.15) is 24.2 Å². The molecule has 0 fully saturated rings. The van der Waals surface area contributed by atoms with E-state index in [2.05, 4.69) is 5.32 Å². The van der Waals surface area contributed by atoms with E-state index < -0.39 is 6.10 Å². The molecule has 0 aliphatic carbocycles. The first kappa shape index (κ1) is 17.8. The maximum Gasteiger partial charge on any atom is 0.269 e. The number of rotatable bonds is 5. The van der Waals surface area contributed by atoms with Crippen molar-refractivity contribution in [1.82, 2.24) is 4.90 Å². The molecule has 0 unspecified atom stereocenters. The fourth-order valence-electron chi connectivity index (χ4n) is 2.76. The van der Waals surface area contributed by atoms with Crippen molar-refractivity contribution in [2.24, 2.45) is 0 Å². The maximum absolute atomic E-state index is 12.4. The van der Waals surface area contributed by atoms with E-state index in [0.29, 0.717) is 35.8 Å². The maximum atomic E-state index is 12.4. The summed E-state index contributed by atoms with van der Waals surface area (Å²) in [7, 11) is 0. The van der Waals surface area contributed by atoms with Gasteiger partial charge >= 0.3 is 0 Å². The molecule has 6 nitrogen and oxygen atoms in total. The first-order chi connectivity index (χ1) is 12.6. The number of fused-ring (bicyclic) bond motifs is 1. The summed E-state index contributed by atoms with van der Waals surface area (Å²) in [5, 5.41) is 2.80. The Morgan fingerprint density at radius 2 is 1.69 bits per heavy atom. The third-order valence-electron chi connectivity index (χ3n) is 4.25. The highest BCUT2D eigenvalue weighted by atomic mass is 16.6. The molecule has 1 atom stereocenters. The van der Waals surface area contributed by atoms with E-state index in [1.165, 1.54) is 0 Å². The number of ether oxygens (including phenoxy) is 2. The Morgan fingerprint density at radius 1 is 1.04 bits per heavy atom. The largest absolute Gasteiger partial charge is 0.485 e. The number of hydrogen-bond donors (Lipinski definition) is 1. The summed E-state index contributed by atoms with van der Waals surface area (Å²) in [6.45, 7) is 5.37. The lowest BCUT2D eigenvalue weighted by Gasteiger charge is -2.25. The van der Waals surface area contributed by atoms with Crippen LogP contribution >= 0.6 is 0 Å². The number of nitrogens with one attached hydrogen (secondary N) is 1. The SMILES string of the molecule is CCN(CC)C(=O)c1ccc(NC(=O)[C@@H]2COc3ccccc3O2)cc1. The Labute approximate surface area is 152 Å². The summed E-state index contributed by atoms with van der Waals surface area (Å²) in [6, 6.07) is 14.1. The van der Waals surface area contributed by atoms with Gasteiger partial charge in [-0.2, -0.15) is 0 Å². The molecule has 0 bridgehead atoms. The van der Waals surface area contributed by atoms with Crippen LogP contribution < -0.4 is 14.8 Å². The first-order valence-electron chi connectivity index (χ1n) is 8.71. The highest BCUT2D eigenvalue weighted by molar-refractivity contribution is 5.97. The Kier molecular flexibility index (Phi) is 5.41. The second-order valence-corrected chi connectivity index (χ2v) is 5.91. The van der Waals surface area contributed by atoms with E-state index in [1.54, 1.807) is 41.3 Å². The van der Waals surface area contributed by atoms with Crippen LogP contribution in [0.15, 0.2) is 48.5 Å². The first-order valence-corrected chi connectivity index (χ1v) is 8.71. The summed E-state index contributed by atoms with van der Waals surface area (Å²) in [5.41, 5.74) is 1.20. The number of hydrogen-bond acceptors (Lipinski definition) is 4. The van der Waals surface area contributed by atoms with Crippen LogP contribution in [0, 0.1) is 0 Å². The third kappa shape index (κ3) is 3.79. The standard InChI is InChI=1S/C20H22N2O4/c1-3-22(4-2)20(24)14-9-11-15(12-10-14)21-19(23)18-13-25-16-7-5-6-8-17(16)26-18/h5-12,18H,3-4,13H2,1-2H3,(H,21,23)/t18-/m0/s1. The van der Waals surface area contributed by atoms with E-state index in [-0.39, 0.29) is 18.4 Å². The van der Waals surface area contributed by atoms with Gasteiger partial charge in [-0.25, -0.2) is 0 Å². The lowest BCUT2D eigenvalue weighted by molar-refractivity contribution is -0.125. The molecule has 2 aromatic carbocycles. The molecule has 0 aromatic heterocycles. The second kappa shape index (κ2) is 7.91. The van der Waals surface area contributed by atoms with Gasteiger partial charge in [0.05, 0.1) is 0 Å². The van der Waals surface area contributed by atoms with Gasteiger partial charge in [-0.05, 0) is 50.2 Å². The Hall–Kier alpha value is -3.02. The van der Waals surface area contributed by atoms with Crippen LogP contribution in [0.25, 0.3) is 0 Å². The molecule has 0 spiro atoms. The van der Waals surface area contributed by atoms with E-state index in [4.69, 9.17) is 9.47 Å². The Bertz CT molecular complexity index is 785. The van der Waals surface area contributed by atoms with Gasteiger partial charge in [0.25, 0.3) is 11.8 Å². The zero-order chi connectivity index (χ0) is 18.5. The van der Waals surface area contributed by atoms with Gasteiger partial charge in [0.2, 0.25) is 6.10 Å². The number of nitrogens with zero attached hydrogens (tertiary/aromatic N) is 1. The van der Waals surface area contributed by atoms with Gasteiger partial charge in [0.15, 0.2) is 11.5 Å². The monoisotopic (exact) mass is 354 g/mol. The molecule has 6 heteroatoms. The van der Waals surface area contributed by atoms with Crippen molar-refractivity contribution in [1.29, 1.82) is 0 Å². The summed E-state index contributed by atoms with van der Waals surface area (Å²) < 4.78 is 11.3. The Balaban J connectivity index is 1.63. The van der Waals surface area contributed by atoms with Crippen LogP contribution in [-0.2, 0) is 4.79 Å². The van der Waals surface area contributed by atoms with Crippen LogP contribution in [0.2, 0.25) is 0 Å². The number of carbonyl (C=O) groups excluding carboxylic acids is 2. The van der Waals surface area contributed by atoms with Crippen molar-refractivity contribution in [3.63, 3.8) is 0 Å². The summed E-state index contributed by atoms with van der Waals surface area (Å²) in [5.74, 6) is 0.880. The van der Waals surface area contributed by atoms with Gasteiger partial charge in [-0.1, -0.05) is 12.1 Å². The lowest BCUT2D eigenvalue weighted by atomic mass is 10.1. The van der Waals surface area contributed by atoms with Gasteiger partial charge in [-0.3, -0.25) is 9.59 Å². The number of benzene rings is 2. The topological polar surface area (TPSA) is 67.9 Å². The molecular weight excluding hydrogens is 332 g/mol. The molecule has 0 saturated carbocycles. The molecule has 2 aromatic rings. The fraction of sp³-hybridized carbons (Fsp3) is 0.300. The summed E-state index contributed by atoms with van der Waals surface area (Å²) >= 11 is 0. The molecule has 136 valence electrons. The number of anilines is 1. The van der Waals surface area contributed by atoms with Crippen LogP contribution in [-0.4, -0.2) is 42.5 Å². The quantitative estimate of drug-likeness (QED) is 0.896. The predicted octanol–water partition coefficient (Wildman–Crippen LogP) is 2.95. The van der Waals surface area contributed by atoms with Crippen LogP contribution in [0.5, 0.6) is 11.5 Å². The van der Waals surface area contributed by atoms with E-state index in [1.807, 2.05) is 26.0 Å². The average Bonchev–Trinajstić information content (AvgIpc) is 2.69. The number of amides is 2. The molecule has 0 radical (unpaired) electrons. The van der Waals surface area contributed by atoms with Crippen molar-refractivity contribution in [2.45, 2.75) is 20.0 Å². The molecule has 1 N–H and O–H groups in total. The summed E-state index contributed by atoms with van der Waals surface area (Å²) in [6.07, 6.45) is -0.720. The summed E-state index contributed by atoms with van der Waals surface area (Å²) in [4.78, 5) is 26.5. The van der Waals surface area contributed by atoms with E-state index in [9.17, 15) is 9.59 Å². The number of carbonyl (C=O) groups is 2.